The minimum atomic E-state index is -0.131. The summed E-state index contributed by atoms with van der Waals surface area (Å²) in [5, 5.41) is 0. The quantitative estimate of drug-likeness (QED) is 0.685. The van der Waals surface area contributed by atoms with Gasteiger partial charge < -0.3 is 0 Å². The van der Waals surface area contributed by atoms with Gasteiger partial charge in [0, 0.05) is 6.07 Å². The Hall–Kier alpha value is -0.740. The molecule has 2 nitrogen and oxygen atoms in total. The van der Waals surface area contributed by atoms with Gasteiger partial charge >= 0.3 is 0 Å². The van der Waals surface area contributed by atoms with E-state index in [4.69, 9.17) is 0 Å². The molecular formula is C15H16Br2N2. The second-order valence-corrected chi connectivity index (χ2v) is 6.12. The van der Waals surface area contributed by atoms with Crippen LogP contribution in [-0.4, -0.2) is 9.97 Å². The zero-order valence-electron chi connectivity index (χ0n) is 11.0. The van der Waals surface area contributed by atoms with Crippen molar-refractivity contribution in [3.8, 4) is 0 Å². The van der Waals surface area contributed by atoms with E-state index >= 15 is 0 Å². The fourth-order valence-electron chi connectivity index (χ4n) is 2.46. The monoisotopic (exact) mass is 382 g/mol. The van der Waals surface area contributed by atoms with Crippen LogP contribution in [0.3, 0.4) is 0 Å². The summed E-state index contributed by atoms with van der Waals surface area (Å²) in [5.41, 5.74) is 1.14. The summed E-state index contributed by atoms with van der Waals surface area (Å²) in [6.07, 6.45) is 1.94. The van der Waals surface area contributed by atoms with Crippen LogP contribution in [0.4, 0.5) is 0 Å². The van der Waals surface area contributed by atoms with Gasteiger partial charge in [0.05, 0.1) is 5.41 Å². The molecule has 0 saturated carbocycles. The third-order valence-corrected chi connectivity index (χ3v) is 4.44. The van der Waals surface area contributed by atoms with Gasteiger partial charge in [-0.25, -0.2) is 9.97 Å². The first-order valence-corrected chi connectivity index (χ1v) is 7.97. The Balaban J connectivity index is 2.62. The average Bonchev–Trinajstić information content (AvgIpc) is 2.41. The van der Waals surface area contributed by atoms with E-state index in [1.807, 2.05) is 12.1 Å². The molecule has 0 radical (unpaired) electrons. The zero-order chi connectivity index (χ0) is 13.9. The van der Waals surface area contributed by atoms with Crippen molar-refractivity contribution in [3.63, 3.8) is 0 Å². The fraction of sp³-hybridized carbons (Fsp3) is 0.333. The molecule has 0 fully saturated rings. The molecule has 0 aliphatic carbocycles. The normalized spacial score (nSPS) is 11.6. The van der Waals surface area contributed by atoms with E-state index in [1.165, 1.54) is 5.56 Å². The first-order valence-electron chi connectivity index (χ1n) is 6.38. The molecule has 0 spiro atoms. The fourth-order valence-corrected chi connectivity index (χ4v) is 3.54. The van der Waals surface area contributed by atoms with E-state index in [0.29, 0.717) is 0 Å². The smallest absolute Gasteiger partial charge is 0.141 e. The van der Waals surface area contributed by atoms with Gasteiger partial charge in [-0.3, -0.25) is 0 Å². The standard InChI is InChI=1S/C15H16Br2N2/c1-3-15(4-2,11-8-6-5-7-9-11)14-18-12(16)10-13(17)19-14/h5-10H,3-4H2,1-2H3. The van der Waals surface area contributed by atoms with Crippen LogP contribution >= 0.6 is 31.9 Å². The Morgan fingerprint density at radius 1 is 0.947 bits per heavy atom. The van der Waals surface area contributed by atoms with Crippen molar-refractivity contribution in [3.05, 3.63) is 57.0 Å². The minimum absolute atomic E-state index is 0.131. The molecule has 0 atom stereocenters. The first-order chi connectivity index (χ1) is 9.12. The first kappa shape index (κ1) is 14.7. The van der Waals surface area contributed by atoms with Crippen LogP contribution in [0.5, 0.6) is 0 Å². The number of nitrogens with zero attached hydrogens (tertiary/aromatic N) is 2. The molecule has 4 heteroatoms. The van der Waals surface area contributed by atoms with Crippen molar-refractivity contribution in [1.82, 2.24) is 9.97 Å². The maximum atomic E-state index is 4.60. The maximum Gasteiger partial charge on any atom is 0.141 e. The molecule has 1 heterocycles. The number of hydrogen-bond acceptors (Lipinski definition) is 2. The number of aromatic nitrogens is 2. The van der Waals surface area contributed by atoms with Crippen molar-refractivity contribution < 1.29 is 0 Å². The highest BCUT2D eigenvalue weighted by molar-refractivity contribution is 9.11. The lowest BCUT2D eigenvalue weighted by Gasteiger charge is -2.31. The second kappa shape index (κ2) is 6.14. The van der Waals surface area contributed by atoms with Gasteiger partial charge in [-0.1, -0.05) is 44.2 Å². The predicted octanol–water partition coefficient (Wildman–Crippen LogP) is 5.11. The average molecular weight is 384 g/mol. The molecule has 1 aromatic heterocycles. The Kier molecular flexibility index (Phi) is 4.74. The molecule has 19 heavy (non-hydrogen) atoms. The summed E-state index contributed by atoms with van der Waals surface area (Å²) in [7, 11) is 0. The van der Waals surface area contributed by atoms with Crippen LogP contribution in [0.15, 0.2) is 45.6 Å². The second-order valence-electron chi connectivity index (χ2n) is 4.49. The van der Waals surface area contributed by atoms with Gasteiger partial charge in [0.25, 0.3) is 0 Å². The van der Waals surface area contributed by atoms with Crippen LogP contribution in [0.1, 0.15) is 38.1 Å². The van der Waals surface area contributed by atoms with Crippen molar-refractivity contribution in [1.29, 1.82) is 0 Å². The highest BCUT2D eigenvalue weighted by Gasteiger charge is 2.34. The van der Waals surface area contributed by atoms with Crippen LogP contribution in [0.2, 0.25) is 0 Å². The largest absolute Gasteiger partial charge is 0.225 e. The molecule has 0 aliphatic rings. The molecule has 2 aromatic rings. The van der Waals surface area contributed by atoms with Gasteiger partial charge in [-0.15, -0.1) is 0 Å². The summed E-state index contributed by atoms with van der Waals surface area (Å²) in [4.78, 5) is 9.20. The number of halogens is 2. The zero-order valence-corrected chi connectivity index (χ0v) is 14.2. The van der Waals surface area contributed by atoms with Gasteiger partial charge in [0.15, 0.2) is 0 Å². The predicted molar refractivity (Wildman–Crippen MR) is 85.2 cm³/mol. The van der Waals surface area contributed by atoms with Crippen LogP contribution in [0.25, 0.3) is 0 Å². The summed E-state index contributed by atoms with van der Waals surface area (Å²) >= 11 is 6.91. The number of benzene rings is 1. The summed E-state index contributed by atoms with van der Waals surface area (Å²) in [6, 6.07) is 12.4. The summed E-state index contributed by atoms with van der Waals surface area (Å²) in [5.74, 6) is 0.866. The molecular weight excluding hydrogens is 368 g/mol. The number of rotatable bonds is 4. The van der Waals surface area contributed by atoms with Gasteiger partial charge in [0.1, 0.15) is 15.0 Å². The van der Waals surface area contributed by atoms with Crippen molar-refractivity contribution in [2.75, 3.05) is 0 Å². The van der Waals surface area contributed by atoms with E-state index in [1.54, 1.807) is 0 Å². The van der Waals surface area contributed by atoms with Crippen molar-refractivity contribution in [2.45, 2.75) is 32.1 Å². The molecule has 0 saturated heterocycles. The van der Waals surface area contributed by atoms with Gasteiger partial charge in [-0.2, -0.15) is 0 Å². The van der Waals surface area contributed by atoms with Crippen LogP contribution in [0, 0.1) is 0 Å². The third kappa shape index (κ3) is 2.90. The molecule has 100 valence electrons. The summed E-state index contributed by atoms with van der Waals surface area (Å²) < 4.78 is 1.62. The lowest BCUT2D eigenvalue weighted by molar-refractivity contribution is 0.447. The van der Waals surface area contributed by atoms with Crippen LogP contribution in [-0.2, 0) is 5.41 Å². The topological polar surface area (TPSA) is 25.8 Å². The molecule has 0 amide bonds. The van der Waals surface area contributed by atoms with E-state index < -0.39 is 0 Å². The van der Waals surface area contributed by atoms with E-state index in [2.05, 4.69) is 79.9 Å². The highest BCUT2D eigenvalue weighted by Crippen LogP contribution is 2.37. The molecule has 0 aliphatic heterocycles. The molecule has 2 rings (SSSR count). The maximum absolute atomic E-state index is 4.60. The van der Waals surface area contributed by atoms with Crippen molar-refractivity contribution in [2.24, 2.45) is 0 Å². The Labute approximate surface area is 130 Å². The minimum Gasteiger partial charge on any atom is -0.225 e. The molecule has 0 bridgehead atoms. The highest BCUT2D eigenvalue weighted by atomic mass is 79.9. The van der Waals surface area contributed by atoms with Gasteiger partial charge in [-0.05, 0) is 50.3 Å². The van der Waals surface area contributed by atoms with Crippen molar-refractivity contribution >= 4 is 31.9 Å². The Morgan fingerprint density at radius 3 is 1.95 bits per heavy atom. The van der Waals surface area contributed by atoms with E-state index in [0.717, 1.165) is 27.9 Å². The molecule has 1 aromatic carbocycles. The Bertz CT molecular complexity index is 531. The Morgan fingerprint density at radius 2 is 1.47 bits per heavy atom. The summed E-state index contributed by atoms with van der Waals surface area (Å²) in [6.45, 7) is 4.38. The molecule has 0 N–H and O–H groups in total. The third-order valence-electron chi connectivity index (χ3n) is 3.63. The van der Waals surface area contributed by atoms with Crippen LogP contribution < -0.4 is 0 Å². The SMILES string of the molecule is CCC(CC)(c1ccccc1)c1nc(Br)cc(Br)n1. The van der Waals surface area contributed by atoms with Gasteiger partial charge in [0.2, 0.25) is 0 Å². The molecule has 0 unspecified atom stereocenters. The lowest BCUT2D eigenvalue weighted by Crippen LogP contribution is -2.29. The van der Waals surface area contributed by atoms with E-state index in [9.17, 15) is 0 Å². The number of hydrogen-bond donors (Lipinski definition) is 0. The van der Waals surface area contributed by atoms with E-state index in [-0.39, 0.29) is 5.41 Å². The lowest BCUT2D eigenvalue weighted by atomic mass is 9.75.